The summed E-state index contributed by atoms with van der Waals surface area (Å²) in [6, 6.07) is 0. The van der Waals surface area contributed by atoms with Crippen LogP contribution in [-0.2, 0) is 23.9 Å². The van der Waals surface area contributed by atoms with E-state index in [2.05, 4.69) is 11.9 Å². The van der Waals surface area contributed by atoms with Crippen molar-refractivity contribution in [3.8, 4) is 0 Å². The van der Waals surface area contributed by atoms with E-state index < -0.39 is 11.9 Å². The average Bonchev–Trinajstić information content (AvgIpc) is 3.00. The van der Waals surface area contributed by atoms with Crippen LogP contribution in [0.5, 0.6) is 0 Å². The smallest absolute Gasteiger partial charge is 0.325 e. The highest BCUT2D eigenvalue weighted by Crippen LogP contribution is 2.55. The first kappa shape index (κ1) is 12.2. The van der Waals surface area contributed by atoms with E-state index in [1.54, 1.807) is 0 Å². The quantitative estimate of drug-likeness (QED) is 0.561. The summed E-state index contributed by atoms with van der Waals surface area (Å²) < 4.78 is 10.6. The number of nitrogens with one attached hydrogen (secondary N) is 1. The van der Waals surface area contributed by atoms with Crippen molar-refractivity contribution in [3.05, 3.63) is 12.7 Å². The number of hydrogen-bond donors (Lipinski definition) is 1. The molecule has 5 atom stereocenters. The van der Waals surface area contributed by atoms with Gasteiger partial charge >= 0.3 is 11.9 Å². The second kappa shape index (κ2) is 4.36. The minimum absolute atomic E-state index is 0.00502. The Hall–Kier alpha value is -1.85. The molecule has 0 aromatic heterocycles. The van der Waals surface area contributed by atoms with Crippen molar-refractivity contribution in [2.24, 2.45) is 17.8 Å². The molecule has 3 rings (SSSR count). The standard InChI is InChI=1S/C13H15NO5/c1-2-9(15)14-5-10(16)18-11-6-3-7-8(4-6)13(17)19-12(7)11/h2,6-8,11-12H,1,3-5H2,(H,14,15). The Kier molecular flexibility index (Phi) is 2.80. The Labute approximate surface area is 110 Å². The van der Waals surface area contributed by atoms with Crippen LogP contribution in [0.3, 0.4) is 0 Å². The average molecular weight is 265 g/mol. The fraction of sp³-hybridized carbons (Fsp3) is 0.615. The zero-order valence-electron chi connectivity index (χ0n) is 10.3. The van der Waals surface area contributed by atoms with Crippen LogP contribution < -0.4 is 5.32 Å². The molecule has 1 aliphatic heterocycles. The molecule has 0 aromatic carbocycles. The third-order valence-corrected chi connectivity index (χ3v) is 4.27. The summed E-state index contributed by atoms with van der Waals surface area (Å²) in [6.45, 7) is 3.10. The monoisotopic (exact) mass is 265 g/mol. The lowest BCUT2D eigenvalue weighted by atomic mass is 9.88. The van der Waals surface area contributed by atoms with Crippen molar-refractivity contribution < 1.29 is 23.9 Å². The normalized spacial score (nSPS) is 37.9. The number of rotatable bonds is 4. The van der Waals surface area contributed by atoms with E-state index in [9.17, 15) is 14.4 Å². The number of carbonyl (C=O) groups is 3. The number of carbonyl (C=O) groups excluding carboxylic acids is 3. The summed E-state index contributed by atoms with van der Waals surface area (Å²) in [5.41, 5.74) is 0. The molecule has 1 saturated heterocycles. The molecule has 1 N–H and O–H groups in total. The second-order valence-corrected chi connectivity index (χ2v) is 5.28. The maximum absolute atomic E-state index is 11.6. The van der Waals surface area contributed by atoms with Gasteiger partial charge in [-0.25, -0.2) is 0 Å². The van der Waals surface area contributed by atoms with Gasteiger partial charge in [0.2, 0.25) is 5.91 Å². The summed E-state index contributed by atoms with van der Waals surface area (Å²) in [5, 5.41) is 2.36. The summed E-state index contributed by atoms with van der Waals surface area (Å²) in [4.78, 5) is 34.1. The van der Waals surface area contributed by atoms with Crippen LogP contribution in [0.4, 0.5) is 0 Å². The van der Waals surface area contributed by atoms with Gasteiger partial charge in [0.15, 0.2) is 0 Å². The minimum atomic E-state index is -0.507. The van der Waals surface area contributed by atoms with Crippen molar-refractivity contribution >= 4 is 17.8 Å². The van der Waals surface area contributed by atoms with E-state index in [1.165, 1.54) is 0 Å². The molecule has 1 heterocycles. The highest BCUT2D eigenvalue weighted by molar-refractivity contribution is 5.89. The molecule has 1 amide bonds. The predicted octanol–water partition coefficient (Wildman–Crippen LogP) is -0.218. The van der Waals surface area contributed by atoms with Gasteiger partial charge in [-0.05, 0) is 18.9 Å². The zero-order valence-corrected chi connectivity index (χ0v) is 10.3. The Morgan fingerprint density at radius 2 is 2.26 bits per heavy atom. The molecule has 6 nitrogen and oxygen atoms in total. The van der Waals surface area contributed by atoms with Gasteiger partial charge in [0, 0.05) is 11.8 Å². The largest absolute Gasteiger partial charge is 0.458 e. The number of amides is 1. The Bertz CT molecular complexity index is 460. The van der Waals surface area contributed by atoms with Gasteiger partial charge in [-0.15, -0.1) is 0 Å². The van der Waals surface area contributed by atoms with Crippen molar-refractivity contribution in [1.82, 2.24) is 5.32 Å². The first-order valence-corrected chi connectivity index (χ1v) is 6.40. The molecule has 0 aromatic rings. The van der Waals surface area contributed by atoms with Crippen LogP contribution in [0.1, 0.15) is 12.8 Å². The molecule has 19 heavy (non-hydrogen) atoms. The molecule has 6 heteroatoms. The topological polar surface area (TPSA) is 81.7 Å². The van der Waals surface area contributed by atoms with Crippen molar-refractivity contribution in [1.29, 1.82) is 0 Å². The van der Waals surface area contributed by atoms with Gasteiger partial charge in [-0.2, -0.15) is 0 Å². The fourth-order valence-electron chi connectivity index (χ4n) is 3.49. The van der Waals surface area contributed by atoms with E-state index in [-0.39, 0.29) is 42.5 Å². The van der Waals surface area contributed by atoms with Gasteiger partial charge in [-0.1, -0.05) is 6.58 Å². The van der Waals surface area contributed by atoms with E-state index in [0.29, 0.717) is 0 Å². The van der Waals surface area contributed by atoms with Crippen LogP contribution >= 0.6 is 0 Å². The maximum atomic E-state index is 11.6. The van der Waals surface area contributed by atoms with Crippen LogP contribution in [0.2, 0.25) is 0 Å². The Morgan fingerprint density at radius 3 is 3.00 bits per heavy atom. The van der Waals surface area contributed by atoms with Crippen LogP contribution in [0.15, 0.2) is 12.7 Å². The molecule has 2 saturated carbocycles. The molecule has 2 aliphatic carbocycles. The SMILES string of the molecule is C=CC(=O)NCC(=O)OC1C2CC3C(=O)OC1C3C2. The van der Waals surface area contributed by atoms with Gasteiger partial charge < -0.3 is 14.8 Å². The molecule has 5 unspecified atom stereocenters. The number of ether oxygens (including phenoxy) is 2. The molecule has 102 valence electrons. The summed E-state index contributed by atoms with van der Waals surface area (Å²) in [6.07, 6.45) is 2.10. The lowest BCUT2D eigenvalue weighted by Crippen LogP contribution is -2.39. The second-order valence-electron chi connectivity index (χ2n) is 5.28. The van der Waals surface area contributed by atoms with E-state index in [4.69, 9.17) is 9.47 Å². The molecule has 3 fully saturated rings. The van der Waals surface area contributed by atoms with Crippen LogP contribution in [-0.4, -0.2) is 36.6 Å². The Balaban J connectivity index is 1.57. The predicted molar refractivity (Wildman–Crippen MR) is 62.7 cm³/mol. The van der Waals surface area contributed by atoms with E-state index >= 15 is 0 Å². The Morgan fingerprint density at radius 1 is 1.47 bits per heavy atom. The maximum Gasteiger partial charge on any atom is 0.325 e. The van der Waals surface area contributed by atoms with Crippen molar-refractivity contribution in [2.75, 3.05) is 6.54 Å². The first-order valence-electron chi connectivity index (χ1n) is 6.40. The fourth-order valence-corrected chi connectivity index (χ4v) is 3.49. The minimum Gasteiger partial charge on any atom is -0.458 e. The van der Waals surface area contributed by atoms with E-state index in [0.717, 1.165) is 18.9 Å². The van der Waals surface area contributed by atoms with Crippen LogP contribution in [0, 0.1) is 17.8 Å². The molecule has 0 radical (unpaired) electrons. The zero-order chi connectivity index (χ0) is 13.6. The number of fused-ring (bicyclic) bond motifs is 1. The van der Waals surface area contributed by atoms with Gasteiger partial charge in [-0.3, -0.25) is 14.4 Å². The van der Waals surface area contributed by atoms with Gasteiger partial charge in [0.1, 0.15) is 18.8 Å². The lowest BCUT2D eigenvalue weighted by Gasteiger charge is -2.25. The van der Waals surface area contributed by atoms with Gasteiger partial charge in [0.05, 0.1) is 5.92 Å². The summed E-state index contributed by atoms with van der Waals surface area (Å²) in [7, 11) is 0. The summed E-state index contributed by atoms with van der Waals surface area (Å²) >= 11 is 0. The third-order valence-electron chi connectivity index (χ3n) is 4.27. The van der Waals surface area contributed by atoms with Crippen molar-refractivity contribution in [2.45, 2.75) is 25.0 Å². The molecular weight excluding hydrogens is 250 g/mol. The lowest BCUT2D eigenvalue weighted by molar-refractivity contribution is -0.161. The molecule has 3 aliphatic rings. The number of esters is 2. The van der Waals surface area contributed by atoms with Gasteiger partial charge in [0.25, 0.3) is 0 Å². The first-order chi connectivity index (χ1) is 9.10. The number of hydrogen-bond acceptors (Lipinski definition) is 5. The molecule has 2 bridgehead atoms. The summed E-state index contributed by atoms with van der Waals surface area (Å²) in [5.74, 6) is -0.658. The van der Waals surface area contributed by atoms with Crippen molar-refractivity contribution in [3.63, 3.8) is 0 Å². The van der Waals surface area contributed by atoms with Crippen LogP contribution in [0.25, 0.3) is 0 Å². The highest BCUT2D eigenvalue weighted by Gasteiger charge is 2.63. The molecular formula is C13H15NO5. The molecule has 0 spiro atoms. The third kappa shape index (κ3) is 1.91. The highest BCUT2D eigenvalue weighted by atomic mass is 16.6. The van der Waals surface area contributed by atoms with E-state index in [1.807, 2.05) is 0 Å².